The molecule has 1 N–H and O–H groups in total. The Morgan fingerprint density at radius 3 is 2.65 bits per heavy atom. The van der Waals surface area contributed by atoms with Crippen molar-refractivity contribution in [3.8, 4) is 0 Å². The van der Waals surface area contributed by atoms with Crippen molar-refractivity contribution in [2.45, 2.75) is 33.4 Å². The molecule has 0 saturated carbocycles. The highest BCUT2D eigenvalue weighted by atomic mass is 16.2. The molecule has 0 saturated heterocycles. The van der Waals surface area contributed by atoms with E-state index in [1.807, 2.05) is 43.9 Å². The molecule has 6 heteroatoms. The van der Waals surface area contributed by atoms with Crippen LogP contribution in [0.15, 0.2) is 29.1 Å². The fourth-order valence-electron chi connectivity index (χ4n) is 2.29. The van der Waals surface area contributed by atoms with Gasteiger partial charge < -0.3 is 9.88 Å². The number of nitrogens with one attached hydrogen (secondary N) is 1. The summed E-state index contributed by atoms with van der Waals surface area (Å²) < 4.78 is 0. The summed E-state index contributed by atoms with van der Waals surface area (Å²) in [4.78, 5) is 35.3. The second-order valence-corrected chi connectivity index (χ2v) is 5.93. The fourth-order valence-corrected chi connectivity index (χ4v) is 2.29. The van der Waals surface area contributed by atoms with Gasteiger partial charge in [0, 0.05) is 13.1 Å². The average Bonchev–Trinajstić information content (AvgIpc) is 2.53. The molecule has 124 valence electrons. The van der Waals surface area contributed by atoms with Crippen molar-refractivity contribution in [1.82, 2.24) is 19.8 Å². The van der Waals surface area contributed by atoms with Crippen LogP contribution in [0.3, 0.4) is 0 Å². The molecular weight excluding hydrogens is 292 g/mol. The van der Waals surface area contributed by atoms with E-state index in [-0.39, 0.29) is 17.5 Å². The van der Waals surface area contributed by atoms with Crippen LogP contribution in [0.4, 0.5) is 0 Å². The summed E-state index contributed by atoms with van der Waals surface area (Å²) >= 11 is 0. The van der Waals surface area contributed by atoms with E-state index in [2.05, 4.69) is 9.97 Å². The number of para-hydroxylation sites is 1. The molecule has 0 aliphatic rings. The van der Waals surface area contributed by atoms with Crippen LogP contribution in [0.2, 0.25) is 0 Å². The Hall–Kier alpha value is -2.21. The molecule has 0 fully saturated rings. The first-order valence-corrected chi connectivity index (χ1v) is 7.88. The minimum absolute atomic E-state index is 0.0602. The SMILES string of the molecule is CCN(CC(=O)N(C)C(C)C)Cc1nc2ccccc2c(=O)[nH]1. The van der Waals surface area contributed by atoms with E-state index in [0.717, 1.165) is 0 Å². The predicted molar refractivity (Wildman–Crippen MR) is 91.2 cm³/mol. The van der Waals surface area contributed by atoms with E-state index in [0.29, 0.717) is 36.4 Å². The predicted octanol–water partition coefficient (Wildman–Crippen LogP) is 1.61. The topological polar surface area (TPSA) is 69.3 Å². The second-order valence-electron chi connectivity index (χ2n) is 5.93. The molecular formula is C17H24N4O2. The second kappa shape index (κ2) is 7.37. The molecule has 0 aliphatic heterocycles. The molecule has 6 nitrogen and oxygen atoms in total. The van der Waals surface area contributed by atoms with Crippen molar-refractivity contribution >= 4 is 16.8 Å². The molecule has 0 unspecified atom stereocenters. The largest absolute Gasteiger partial charge is 0.342 e. The smallest absolute Gasteiger partial charge is 0.258 e. The van der Waals surface area contributed by atoms with E-state index in [4.69, 9.17) is 0 Å². The van der Waals surface area contributed by atoms with Gasteiger partial charge in [-0.1, -0.05) is 19.1 Å². The molecule has 2 aromatic rings. The summed E-state index contributed by atoms with van der Waals surface area (Å²) in [5.74, 6) is 0.639. The van der Waals surface area contributed by atoms with E-state index < -0.39 is 0 Å². The Morgan fingerprint density at radius 2 is 2.00 bits per heavy atom. The number of aromatic nitrogens is 2. The Balaban J connectivity index is 2.16. The van der Waals surface area contributed by atoms with Crippen molar-refractivity contribution in [2.75, 3.05) is 20.1 Å². The summed E-state index contributed by atoms with van der Waals surface area (Å²) in [6.45, 7) is 7.40. The highest BCUT2D eigenvalue weighted by Crippen LogP contribution is 2.07. The Bertz CT molecular complexity index is 739. The van der Waals surface area contributed by atoms with Gasteiger partial charge >= 0.3 is 0 Å². The van der Waals surface area contributed by atoms with Crippen LogP contribution < -0.4 is 5.56 Å². The maximum atomic E-state index is 12.2. The molecule has 1 aromatic heterocycles. The van der Waals surface area contributed by atoms with Crippen LogP contribution in [0.5, 0.6) is 0 Å². The van der Waals surface area contributed by atoms with Gasteiger partial charge in [-0.15, -0.1) is 0 Å². The van der Waals surface area contributed by atoms with Crippen molar-refractivity contribution < 1.29 is 4.79 Å². The summed E-state index contributed by atoms with van der Waals surface area (Å²) in [6.07, 6.45) is 0. The minimum atomic E-state index is -0.146. The summed E-state index contributed by atoms with van der Waals surface area (Å²) in [5, 5.41) is 0.579. The Morgan fingerprint density at radius 1 is 1.30 bits per heavy atom. The first kappa shape index (κ1) is 17.1. The summed E-state index contributed by atoms with van der Waals surface area (Å²) in [5.41, 5.74) is 0.528. The lowest BCUT2D eigenvalue weighted by molar-refractivity contribution is -0.132. The number of carbonyl (C=O) groups excluding carboxylic acids is 1. The highest BCUT2D eigenvalue weighted by molar-refractivity contribution is 5.78. The van der Waals surface area contributed by atoms with Crippen molar-refractivity contribution in [1.29, 1.82) is 0 Å². The van der Waals surface area contributed by atoms with Gasteiger partial charge in [0.15, 0.2) is 0 Å². The maximum Gasteiger partial charge on any atom is 0.258 e. The van der Waals surface area contributed by atoms with Crippen LogP contribution in [-0.2, 0) is 11.3 Å². The third-order valence-electron chi connectivity index (χ3n) is 4.01. The normalized spacial score (nSPS) is 11.4. The summed E-state index contributed by atoms with van der Waals surface area (Å²) in [7, 11) is 1.80. The monoisotopic (exact) mass is 316 g/mol. The zero-order chi connectivity index (χ0) is 17.0. The van der Waals surface area contributed by atoms with Crippen molar-refractivity contribution in [2.24, 2.45) is 0 Å². The first-order valence-electron chi connectivity index (χ1n) is 7.88. The molecule has 0 aliphatic carbocycles. The fraction of sp³-hybridized carbons (Fsp3) is 0.471. The number of likely N-dealkylation sites (N-methyl/N-ethyl adjacent to an activating group) is 2. The molecule has 2 rings (SSSR count). The zero-order valence-electron chi connectivity index (χ0n) is 14.2. The summed E-state index contributed by atoms with van der Waals surface area (Å²) in [6, 6.07) is 7.42. The van der Waals surface area contributed by atoms with Crippen LogP contribution in [0, 0.1) is 0 Å². The maximum absolute atomic E-state index is 12.2. The quantitative estimate of drug-likeness (QED) is 0.879. The van der Waals surface area contributed by atoms with E-state index in [1.54, 1.807) is 18.0 Å². The molecule has 1 amide bonds. The average molecular weight is 316 g/mol. The minimum Gasteiger partial charge on any atom is -0.342 e. The van der Waals surface area contributed by atoms with Crippen LogP contribution >= 0.6 is 0 Å². The van der Waals surface area contributed by atoms with Crippen LogP contribution in [0.1, 0.15) is 26.6 Å². The zero-order valence-corrected chi connectivity index (χ0v) is 14.2. The van der Waals surface area contributed by atoms with Gasteiger partial charge in [-0.3, -0.25) is 14.5 Å². The third-order valence-corrected chi connectivity index (χ3v) is 4.01. The lowest BCUT2D eigenvalue weighted by atomic mass is 10.2. The first-order chi connectivity index (χ1) is 10.9. The van der Waals surface area contributed by atoms with Crippen LogP contribution in [0.25, 0.3) is 10.9 Å². The van der Waals surface area contributed by atoms with Crippen molar-refractivity contribution in [3.63, 3.8) is 0 Å². The third kappa shape index (κ3) is 4.16. The Labute approximate surface area is 136 Å². The van der Waals surface area contributed by atoms with Gasteiger partial charge in [-0.2, -0.15) is 0 Å². The number of fused-ring (bicyclic) bond motifs is 1. The molecule has 0 radical (unpaired) electrons. The molecule has 1 aromatic carbocycles. The number of H-pyrrole nitrogens is 1. The lowest BCUT2D eigenvalue weighted by Crippen LogP contribution is -2.41. The van der Waals surface area contributed by atoms with E-state index in [1.165, 1.54) is 0 Å². The number of carbonyl (C=O) groups is 1. The number of nitrogens with zero attached hydrogens (tertiary/aromatic N) is 3. The van der Waals surface area contributed by atoms with Gasteiger partial charge in [0.05, 0.1) is 24.0 Å². The van der Waals surface area contributed by atoms with Gasteiger partial charge in [-0.25, -0.2) is 4.98 Å². The van der Waals surface area contributed by atoms with E-state index in [9.17, 15) is 9.59 Å². The standard InChI is InChI=1S/C17H24N4O2/c1-5-21(11-16(22)20(4)12(2)3)10-15-18-14-9-7-6-8-13(14)17(23)19-15/h6-9,12H,5,10-11H2,1-4H3,(H,18,19,23). The molecule has 0 bridgehead atoms. The Kier molecular flexibility index (Phi) is 5.50. The number of benzene rings is 1. The van der Waals surface area contributed by atoms with E-state index >= 15 is 0 Å². The number of hydrogen-bond donors (Lipinski definition) is 1. The highest BCUT2D eigenvalue weighted by Gasteiger charge is 2.16. The number of aromatic amines is 1. The number of amides is 1. The molecule has 0 atom stereocenters. The van der Waals surface area contributed by atoms with Crippen LogP contribution in [-0.4, -0.2) is 51.9 Å². The lowest BCUT2D eigenvalue weighted by Gasteiger charge is -2.26. The van der Waals surface area contributed by atoms with Crippen molar-refractivity contribution in [3.05, 3.63) is 40.4 Å². The molecule has 23 heavy (non-hydrogen) atoms. The number of rotatable bonds is 6. The molecule has 1 heterocycles. The number of hydrogen-bond acceptors (Lipinski definition) is 4. The van der Waals surface area contributed by atoms with Gasteiger partial charge in [-0.05, 0) is 32.5 Å². The molecule has 0 spiro atoms. The van der Waals surface area contributed by atoms with Gasteiger partial charge in [0.2, 0.25) is 5.91 Å². The van der Waals surface area contributed by atoms with Gasteiger partial charge in [0.25, 0.3) is 5.56 Å². The van der Waals surface area contributed by atoms with Gasteiger partial charge in [0.1, 0.15) is 5.82 Å².